The fourth-order valence-corrected chi connectivity index (χ4v) is 1.34. The fourth-order valence-electron chi connectivity index (χ4n) is 1.34. The maximum atomic E-state index is 4.56. The van der Waals surface area contributed by atoms with Gasteiger partial charge in [0.05, 0.1) is 26.2 Å². The van der Waals surface area contributed by atoms with Gasteiger partial charge in [-0.1, -0.05) is 4.32 Å². The molecule has 0 aromatic heterocycles. The molecule has 15 heavy (non-hydrogen) atoms. The third kappa shape index (κ3) is 7.94. The maximum absolute atomic E-state index is 4.56. The van der Waals surface area contributed by atoms with Gasteiger partial charge in [-0.3, -0.25) is 0 Å². The standard InChI is InChI=1S/C8H20N.C3H7NS2/c1-5-9(6-2,7-3)8-4;1-4(2)3(5)6/h5-8H2,1-4H3;1-2H3,(H,5,6)/q+1;/p-1. The van der Waals surface area contributed by atoms with Gasteiger partial charge >= 0.3 is 0 Å². The molecule has 0 atom stereocenters. The van der Waals surface area contributed by atoms with E-state index < -0.39 is 0 Å². The topological polar surface area (TPSA) is 3.24 Å². The molecule has 0 aromatic carbocycles. The summed E-state index contributed by atoms with van der Waals surface area (Å²) < 4.78 is 1.79. The Morgan fingerprint density at radius 3 is 1.20 bits per heavy atom. The molecule has 92 valence electrons. The Kier molecular flexibility index (Phi) is 10.8. The molecule has 2 nitrogen and oxygen atoms in total. The number of rotatable bonds is 4. The van der Waals surface area contributed by atoms with Crippen molar-refractivity contribution in [3.63, 3.8) is 0 Å². The zero-order chi connectivity index (χ0) is 12.5. The van der Waals surface area contributed by atoms with E-state index in [9.17, 15) is 0 Å². The minimum atomic E-state index is 0.509. The zero-order valence-corrected chi connectivity index (χ0v) is 12.7. The number of nitrogens with zero attached hydrogens (tertiary/aromatic N) is 2. The van der Waals surface area contributed by atoms with Crippen LogP contribution >= 0.6 is 12.2 Å². The third-order valence-corrected chi connectivity index (χ3v) is 3.78. The predicted octanol–water partition coefficient (Wildman–Crippen LogP) is 2.26. The molecule has 0 saturated heterocycles. The first-order valence-electron chi connectivity index (χ1n) is 5.62. The summed E-state index contributed by atoms with van der Waals surface area (Å²) in [5, 5.41) is 0. The molecule has 0 aromatic rings. The van der Waals surface area contributed by atoms with Gasteiger partial charge in [-0.05, 0) is 27.7 Å². The molecule has 0 rings (SSSR count). The molecule has 0 spiro atoms. The first-order chi connectivity index (χ1) is 6.89. The molecule has 0 saturated carbocycles. The third-order valence-electron chi connectivity index (χ3n) is 3.05. The number of quaternary nitrogens is 1. The first kappa shape index (κ1) is 17.5. The van der Waals surface area contributed by atoms with Crippen molar-refractivity contribution in [1.82, 2.24) is 4.90 Å². The highest BCUT2D eigenvalue weighted by Gasteiger charge is 2.16. The summed E-state index contributed by atoms with van der Waals surface area (Å²) in [5.41, 5.74) is 0. The molecule has 0 unspecified atom stereocenters. The van der Waals surface area contributed by atoms with Crippen LogP contribution in [-0.2, 0) is 12.6 Å². The monoisotopic (exact) mass is 250 g/mol. The van der Waals surface area contributed by atoms with Gasteiger partial charge in [-0.2, -0.15) is 0 Å². The quantitative estimate of drug-likeness (QED) is 0.428. The van der Waals surface area contributed by atoms with Crippen LogP contribution in [0.5, 0.6) is 0 Å². The fraction of sp³-hybridized carbons (Fsp3) is 0.909. The Hall–Kier alpha value is 0.0700. The van der Waals surface area contributed by atoms with Crippen molar-refractivity contribution in [2.45, 2.75) is 27.7 Å². The van der Waals surface area contributed by atoms with Gasteiger partial charge in [0.25, 0.3) is 0 Å². The van der Waals surface area contributed by atoms with Crippen LogP contribution in [0.15, 0.2) is 0 Å². The smallest absolute Gasteiger partial charge is 0.0757 e. The lowest BCUT2D eigenvalue weighted by molar-refractivity contribution is -0.921. The summed E-state index contributed by atoms with van der Waals surface area (Å²) in [6.07, 6.45) is 0. The summed E-state index contributed by atoms with van der Waals surface area (Å²) in [6.45, 7) is 14.2. The van der Waals surface area contributed by atoms with Crippen LogP contribution in [0.1, 0.15) is 27.7 Å². The highest BCUT2D eigenvalue weighted by atomic mass is 32.1. The van der Waals surface area contributed by atoms with Crippen LogP contribution in [0.2, 0.25) is 0 Å². The summed E-state index contributed by atoms with van der Waals surface area (Å²) in [5.74, 6) is 0. The van der Waals surface area contributed by atoms with Gasteiger partial charge in [0.1, 0.15) is 0 Å². The minimum Gasteiger partial charge on any atom is -0.411 e. The predicted molar refractivity (Wildman–Crippen MR) is 76.1 cm³/mol. The number of thiocarbonyl (C=S) groups is 1. The lowest BCUT2D eigenvalue weighted by atomic mass is 10.3. The van der Waals surface area contributed by atoms with E-state index in [1.54, 1.807) is 4.90 Å². The van der Waals surface area contributed by atoms with Crippen molar-refractivity contribution in [2.24, 2.45) is 0 Å². The van der Waals surface area contributed by atoms with Crippen LogP contribution in [-0.4, -0.2) is 54.0 Å². The van der Waals surface area contributed by atoms with Crippen LogP contribution < -0.4 is 0 Å². The average Bonchev–Trinajstić information content (AvgIpc) is 2.23. The second kappa shape index (κ2) is 9.31. The van der Waals surface area contributed by atoms with Gasteiger partial charge in [-0.25, -0.2) is 0 Å². The van der Waals surface area contributed by atoms with Crippen molar-refractivity contribution in [2.75, 3.05) is 40.3 Å². The molecular weight excluding hydrogens is 224 g/mol. The van der Waals surface area contributed by atoms with Crippen molar-refractivity contribution < 1.29 is 4.48 Å². The van der Waals surface area contributed by atoms with E-state index in [0.29, 0.717) is 4.32 Å². The van der Waals surface area contributed by atoms with Gasteiger partial charge in [0.15, 0.2) is 0 Å². The SMILES string of the molecule is CC[N+](CC)(CC)CC.CN(C)C(=S)[S-]. The van der Waals surface area contributed by atoms with E-state index in [1.807, 2.05) is 14.1 Å². The molecule has 0 aliphatic rings. The Morgan fingerprint density at radius 1 is 1.00 bits per heavy atom. The molecule has 4 heteroatoms. The summed E-state index contributed by atoms with van der Waals surface area (Å²) in [7, 11) is 3.66. The molecular formula is C11H26N2S2. The van der Waals surface area contributed by atoms with E-state index >= 15 is 0 Å². The van der Waals surface area contributed by atoms with Crippen LogP contribution in [0.4, 0.5) is 0 Å². The Labute approximate surface area is 107 Å². The Balaban J connectivity index is 0. The van der Waals surface area contributed by atoms with Crippen molar-refractivity contribution >= 4 is 29.2 Å². The van der Waals surface area contributed by atoms with E-state index in [4.69, 9.17) is 0 Å². The van der Waals surface area contributed by atoms with Gasteiger partial charge in [0.2, 0.25) is 0 Å². The van der Waals surface area contributed by atoms with Crippen LogP contribution in [0.3, 0.4) is 0 Å². The normalized spacial score (nSPS) is 10.3. The van der Waals surface area contributed by atoms with Gasteiger partial charge in [-0.15, -0.1) is 0 Å². The summed E-state index contributed by atoms with van der Waals surface area (Å²) in [6, 6.07) is 0. The van der Waals surface area contributed by atoms with Crippen molar-refractivity contribution in [3.05, 3.63) is 0 Å². The molecule has 0 fully saturated rings. The minimum absolute atomic E-state index is 0.509. The number of hydrogen-bond acceptors (Lipinski definition) is 2. The van der Waals surface area contributed by atoms with Gasteiger partial charge in [0, 0.05) is 14.1 Å². The molecule has 0 N–H and O–H groups in total. The summed E-state index contributed by atoms with van der Waals surface area (Å²) in [4.78, 5) is 1.71. The second-order valence-electron chi connectivity index (χ2n) is 3.77. The lowest BCUT2D eigenvalue weighted by Gasteiger charge is -2.34. The van der Waals surface area contributed by atoms with Crippen molar-refractivity contribution in [1.29, 1.82) is 0 Å². The second-order valence-corrected chi connectivity index (χ2v) is 4.80. The molecule has 0 aliphatic carbocycles. The van der Waals surface area contributed by atoms with E-state index in [2.05, 4.69) is 52.5 Å². The van der Waals surface area contributed by atoms with Crippen LogP contribution in [0.25, 0.3) is 0 Å². The highest BCUT2D eigenvalue weighted by Crippen LogP contribution is 2.03. The maximum Gasteiger partial charge on any atom is 0.0757 e. The number of hydrogen-bond donors (Lipinski definition) is 0. The van der Waals surface area contributed by atoms with Gasteiger partial charge < -0.3 is 34.2 Å². The first-order valence-corrected chi connectivity index (χ1v) is 6.44. The average molecular weight is 250 g/mol. The van der Waals surface area contributed by atoms with E-state index in [0.717, 1.165) is 0 Å². The largest absolute Gasteiger partial charge is 0.411 e. The molecule has 0 heterocycles. The Bertz CT molecular complexity index is 148. The summed E-state index contributed by atoms with van der Waals surface area (Å²) >= 11 is 9.12. The highest BCUT2D eigenvalue weighted by molar-refractivity contribution is 8.00. The van der Waals surface area contributed by atoms with E-state index in [1.165, 1.54) is 30.7 Å². The Morgan fingerprint density at radius 2 is 1.20 bits per heavy atom. The van der Waals surface area contributed by atoms with E-state index in [-0.39, 0.29) is 0 Å². The zero-order valence-electron chi connectivity index (χ0n) is 11.0. The molecule has 0 radical (unpaired) electrons. The molecule has 0 amide bonds. The molecule has 0 aliphatic heterocycles. The van der Waals surface area contributed by atoms with Crippen molar-refractivity contribution in [3.8, 4) is 0 Å². The lowest BCUT2D eigenvalue weighted by Crippen LogP contribution is -2.47. The van der Waals surface area contributed by atoms with Crippen LogP contribution in [0, 0.1) is 0 Å². The molecule has 0 bridgehead atoms.